The van der Waals surface area contributed by atoms with Gasteiger partial charge in [-0.25, -0.2) is 9.48 Å². The van der Waals surface area contributed by atoms with Crippen LogP contribution in [0.3, 0.4) is 0 Å². The topological polar surface area (TPSA) is 55.1 Å². The van der Waals surface area contributed by atoms with Gasteiger partial charge in [0.15, 0.2) is 0 Å². The Morgan fingerprint density at radius 2 is 1.91 bits per heavy atom. The van der Waals surface area contributed by atoms with E-state index >= 15 is 0 Å². The molecule has 2 aromatic carbocycles. The van der Waals surface area contributed by atoms with E-state index in [4.69, 9.17) is 5.11 Å². The minimum atomic E-state index is -0.926. The molecule has 1 N–H and O–H groups in total. The highest BCUT2D eigenvalue weighted by Crippen LogP contribution is 2.21. The number of hydrogen-bond acceptors (Lipinski definition) is 2. The van der Waals surface area contributed by atoms with E-state index in [0.29, 0.717) is 0 Å². The fourth-order valence-corrected chi connectivity index (χ4v) is 2.33. The zero-order valence-electron chi connectivity index (χ0n) is 12.2. The number of aromatic carboxylic acids is 1. The van der Waals surface area contributed by atoms with Crippen molar-refractivity contribution < 1.29 is 9.90 Å². The Morgan fingerprint density at radius 3 is 2.59 bits per heavy atom. The van der Waals surface area contributed by atoms with Crippen molar-refractivity contribution in [3.63, 3.8) is 0 Å². The molecule has 0 saturated carbocycles. The molecule has 1 heterocycles. The molecule has 4 heteroatoms. The van der Waals surface area contributed by atoms with Gasteiger partial charge < -0.3 is 5.11 Å². The molecule has 0 amide bonds. The Labute approximate surface area is 128 Å². The molecule has 0 unspecified atom stereocenters. The van der Waals surface area contributed by atoms with E-state index in [9.17, 15) is 4.79 Å². The molecule has 0 fully saturated rings. The summed E-state index contributed by atoms with van der Waals surface area (Å²) in [4.78, 5) is 11.1. The number of carboxylic acid groups (broad SMARTS) is 1. The van der Waals surface area contributed by atoms with Crippen LogP contribution in [-0.2, 0) is 6.42 Å². The average molecular weight is 292 g/mol. The number of carboxylic acids is 1. The van der Waals surface area contributed by atoms with Crippen LogP contribution < -0.4 is 0 Å². The van der Waals surface area contributed by atoms with Crippen LogP contribution in [0.15, 0.2) is 60.9 Å². The number of rotatable bonds is 4. The number of aryl methyl sites for hydroxylation is 1. The maximum absolute atomic E-state index is 11.1. The molecule has 3 aromatic rings. The monoisotopic (exact) mass is 292 g/mol. The third kappa shape index (κ3) is 2.76. The van der Waals surface area contributed by atoms with Gasteiger partial charge in [-0.3, -0.25) is 0 Å². The summed E-state index contributed by atoms with van der Waals surface area (Å²) in [6.07, 6.45) is 4.66. The zero-order chi connectivity index (χ0) is 15.5. The Kier molecular flexibility index (Phi) is 3.74. The SMILES string of the molecule is CCc1ccc(-n2cc(-c3cccc(C(=O)O)c3)cn2)cc1. The zero-order valence-corrected chi connectivity index (χ0v) is 12.2. The lowest BCUT2D eigenvalue weighted by Gasteiger charge is -2.02. The van der Waals surface area contributed by atoms with Gasteiger partial charge in [0.05, 0.1) is 17.4 Å². The van der Waals surface area contributed by atoms with Gasteiger partial charge >= 0.3 is 5.97 Å². The molecule has 0 aliphatic heterocycles. The second-order valence-electron chi connectivity index (χ2n) is 5.08. The second kappa shape index (κ2) is 5.85. The fourth-order valence-electron chi connectivity index (χ4n) is 2.33. The van der Waals surface area contributed by atoms with Crippen LogP contribution in [0.5, 0.6) is 0 Å². The molecule has 1 aromatic heterocycles. The lowest BCUT2D eigenvalue weighted by Crippen LogP contribution is -1.95. The first-order valence-electron chi connectivity index (χ1n) is 7.15. The Hall–Kier alpha value is -2.88. The van der Waals surface area contributed by atoms with Crippen molar-refractivity contribution in [1.29, 1.82) is 0 Å². The summed E-state index contributed by atoms with van der Waals surface area (Å²) in [5.41, 5.74) is 4.28. The maximum Gasteiger partial charge on any atom is 0.335 e. The third-order valence-corrected chi connectivity index (χ3v) is 3.63. The number of aromatic nitrogens is 2. The minimum absolute atomic E-state index is 0.276. The summed E-state index contributed by atoms with van der Waals surface area (Å²) in [6.45, 7) is 2.12. The number of hydrogen-bond donors (Lipinski definition) is 1. The number of nitrogens with zero attached hydrogens (tertiary/aromatic N) is 2. The van der Waals surface area contributed by atoms with E-state index in [1.807, 2.05) is 24.4 Å². The highest BCUT2D eigenvalue weighted by atomic mass is 16.4. The van der Waals surface area contributed by atoms with Crippen molar-refractivity contribution in [3.8, 4) is 16.8 Å². The van der Waals surface area contributed by atoms with Crippen LogP contribution in [-0.4, -0.2) is 20.9 Å². The fraction of sp³-hybridized carbons (Fsp3) is 0.111. The van der Waals surface area contributed by atoms with Crippen LogP contribution >= 0.6 is 0 Å². The molecule has 0 bridgehead atoms. The van der Waals surface area contributed by atoms with Gasteiger partial charge in [-0.2, -0.15) is 5.10 Å². The number of benzene rings is 2. The van der Waals surface area contributed by atoms with Crippen LogP contribution in [0.4, 0.5) is 0 Å². The summed E-state index contributed by atoms with van der Waals surface area (Å²) >= 11 is 0. The first-order chi connectivity index (χ1) is 10.7. The van der Waals surface area contributed by atoms with E-state index in [1.54, 1.807) is 29.1 Å². The van der Waals surface area contributed by atoms with Crippen molar-refractivity contribution >= 4 is 5.97 Å². The molecule has 0 aliphatic rings. The predicted molar refractivity (Wildman–Crippen MR) is 85.3 cm³/mol. The van der Waals surface area contributed by atoms with Gasteiger partial charge in [-0.15, -0.1) is 0 Å². The van der Waals surface area contributed by atoms with E-state index < -0.39 is 5.97 Å². The summed E-state index contributed by atoms with van der Waals surface area (Å²) in [6, 6.07) is 15.1. The summed E-state index contributed by atoms with van der Waals surface area (Å²) in [5, 5.41) is 13.4. The van der Waals surface area contributed by atoms with Crippen molar-refractivity contribution in [2.75, 3.05) is 0 Å². The van der Waals surface area contributed by atoms with Gasteiger partial charge in [0, 0.05) is 11.8 Å². The predicted octanol–water partition coefficient (Wildman–Crippen LogP) is 3.80. The Bertz CT molecular complexity index is 804. The van der Waals surface area contributed by atoms with E-state index in [2.05, 4.69) is 24.2 Å². The quantitative estimate of drug-likeness (QED) is 0.795. The molecule has 22 heavy (non-hydrogen) atoms. The first-order valence-corrected chi connectivity index (χ1v) is 7.15. The third-order valence-electron chi connectivity index (χ3n) is 3.63. The molecule has 3 rings (SSSR count). The molecule has 4 nitrogen and oxygen atoms in total. The molecule has 0 aliphatic carbocycles. The second-order valence-corrected chi connectivity index (χ2v) is 5.08. The normalized spacial score (nSPS) is 10.6. The van der Waals surface area contributed by atoms with Crippen molar-refractivity contribution in [2.45, 2.75) is 13.3 Å². The maximum atomic E-state index is 11.1. The van der Waals surface area contributed by atoms with Crippen molar-refractivity contribution in [2.24, 2.45) is 0 Å². The van der Waals surface area contributed by atoms with Gasteiger partial charge in [0.1, 0.15) is 0 Å². The average Bonchev–Trinajstić information content (AvgIpc) is 3.05. The van der Waals surface area contributed by atoms with Crippen LogP contribution in [0.1, 0.15) is 22.8 Å². The van der Waals surface area contributed by atoms with Crippen molar-refractivity contribution in [3.05, 3.63) is 72.1 Å². The van der Waals surface area contributed by atoms with E-state index in [0.717, 1.165) is 23.2 Å². The highest BCUT2D eigenvalue weighted by molar-refractivity contribution is 5.89. The van der Waals surface area contributed by atoms with Crippen LogP contribution in [0, 0.1) is 0 Å². The standard InChI is InChI=1S/C18H16N2O2/c1-2-13-6-8-17(9-7-13)20-12-16(11-19-20)14-4-3-5-15(10-14)18(21)22/h3-12H,2H2,1H3,(H,21,22). The summed E-state index contributed by atoms with van der Waals surface area (Å²) in [7, 11) is 0. The molecule has 110 valence electrons. The van der Waals surface area contributed by atoms with Gasteiger partial charge in [-0.1, -0.05) is 31.2 Å². The molecule has 0 saturated heterocycles. The minimum Gasteiger partial charge on any atom is -0.478 e. The largest absolute Gasteiger partial charge is 0.478 e. The summed E-state index contributed by atoms with van der Waals surface area (Å²) < 4.78 is 1.79. The molecule has 0 atom stereocenters. The van der Waals surface area contributed by atoms with Gasteiger partial charge in [0.2, 0.25) is 0 Å². The van der Waals surface area contributed by atoms with Gasteiger partial charge in [-0.05, 0) is 41.8 Å². The summed E-state index contributed by atoms with van der Waals surface area (Å²) in [5.74, 6) is -0.926. The van der Waals surface area contributed by atoms with E-state index in [-0.39, 0.29) is 5.56 Å². The lowest BCUT2D eigenvalue weighted by molar-refractivity contribution is 0.0697. The van der Waals surface area contributed by atoms with E-state index in [1.165, 1.54) is 5.56 Å². The van der Waals surface area contributed by atoms with Crippen LogP contribution in [0.25, 0.3) is 16.8 Å². The Balaban J connectivity index is 1.93. The number of carbonyl (C=O) groups is 1. The molecule has 0 radical (unpaired) electrons. The van der Waals surface area contributed by atoms with Gasteiger partial charge in [0.25, 0.3) is 0 Å². The Morgan fingerprint density at radius 1 is 1.14 bits per heavy atom. The van der Waals surface area contributed by atoms with Crippen LogP contribution in [0.2, 0.25) is 0 Å². The van der Waals surface area contributed by atoms with Crippen molar-refractivity contribution in [1.82, 2.24) is 9.78 Å². The molecule has 0 spiro atoms. The molecular formula is C18H16N2O2. The smallest absolute Gasteiger partial charge is 0.335 e. The lowest BCUT2D eigenvalue weighted by atomic mass is 10.1. The highest BCUT2D eigenvalue weighted by Gasteiger charge is 2.07. The first kappa shape index (κ1) is 14.1. The molecular weight excluding hydrogens is 276 g/mol.